The second-order valence-corrected chi connectivity index (χ2v) is 2.36. The minimum Gasteiger partial charge on any atom is -0.273 e. The zero-order chi connectivity index (χ0) is 8.55. The Kier molecular flexibility index (Phi) is 1.27. The van der Waals surface area contributed by atoms with Crippen molar-refractivity contribution in [2.24, 2.45) is 0 Å². The van der Waals surface area contributed by atoms with Gasteiger partial charge >= 0.3 is 0 Å². The highest BCUT2D eigenvalue weighted by Crippen LogP contribution is 2.10. The van der Waals surface area contributed by atoms with Gasteiger partial charge in [-0.05, 0) is 6.92 Å². The average molecular weight is 159 g/mol. The number of nitriles is 1. The minimum absolute atomic E-state index is 0.315. The second-order valence-electron chi connectivity index (χ2n) is 2.36. The van der Waals surface area contributed by atoms with Crippen molar-refractivity contribution in [1.29, 1.82) is 5.26 Å². The van der Waals surface area contributed by atoms with E-state index in [4.69, 9.17) is 5.26 Å². The number of hydrogen-bond donors (Lipinski definition) is 1. The summed E-state index contributed by atoms with van der Waals surface area (Å²) in [6.45, 7) is 1.77. The smallest absolute Gasteiger partial charge is 0.188 e. The fraction of sp³-hybridized carbons (Fsp3) is 0.143. The predicted octanol–water partition coefficient (Wildman–Crippen LogP) is 0.533. The molecule has 2 aromatic rings. The number of H-pyrrole nitrogens is 1. The number of fused-ring (bicyclic) bond motifs is 1. The molecule has 0 amide bonds. The molecule has 0 aliphatic carbocycles. The predicted molar refractivity (Wildman–Crippen MR) is 41.1 cm³/mol. The van der Waals surface area contributed by atoms with Gasteiger partial charge in [-0.1, -0.05) is 0 Å². The third-order valence-electron chi connectivity index (χ3n) is 1.53. The molecule has 0 aliphatic heterocycles. The molecule has 0 unspecified atom stereocenters. The summed E-state index contributed by atoms with van der Waals surface area (Å²) in [5, 5.41) is 15.1. The highest BCUT2D eigenvalue weighted by Gasteiger charge is 2.05. The molecule has 0 saturated carbocycles. The Balaban J connectivity index is 2.86. The van der Waals surface area contributed by atoms with Crippen molar-refractivity contribution < 1.29 is 0 Å². The first kappa shape index (κ1) is 6.73. The first-order valence-electron chi connectivity index (χ1n) is 3.39. The van der Waals surface area contributed by atoms with E-state index in [2.05, 4.69) is 20.2 Å². The maximum absolute atomic E-state index is 8.62. The number of aryl methyl sites for hydroxylation is 1. The quantitative estimate of drug-likeness (QED) is 0.608. The molecular formula is C7H5N5. The number of nitrogens with one attached hydrogen (secondary N) is 1. The number of aromatic nitrogens is 4. The highest BCUT2D eigenvalue weighted by atomic mass is 15.1. The van der Waals surface area contributed by atoms with Crippen LogP contribution in [-0.2, 0) is 0 Å². The van der Waals surface area contributed by atoms with Crippen molar-refractivity contribution in [2.45, 2.75) is 6.92 Å². The van der Waals surface area contributed by atoms with Gasteiger partial charge < -0.3 is 0 Å². The third kappa shape index (κ3) is 0.820. The van der Waals surface area contributed by atoms with Gasteiger partial charge in [0, 0.05) is 0 Å². The van der Waals surface area contributed by atoms with E-state index >= 15 is 0 Å². The summed E-state index contributed by atoms with van der Waals surface area (Å²) in [5.41, 5.74) is 1.60. The standard InChI is InChI=1S/C7H5N5/c1-4-9-3-6-7(10-4)5(2-8)11-12-6/h3H,1H3,(H,11,12). The number of hydrogen-bond acceptors (Lipinski definition) is 4. The van der Waals surface area contributed by atoms with E-state index in [0.717, 1.165) is 0 Å². The third-order valence-corrected chi connectivity index (χ3v) is 1.53. The normalized spacial score (nSPS) is 10.0. The molecule has 0 aliphatic rings. The van der Waals surface area contributed by atoms with Gasteiger partial charge in [0.2, 0.25) is 0 Å². The first-order valence-corrected chi connectivity index (χ1v) is 3.39. The molecule has 0 fully saturated rings. The molecule has 0 aromatic carbocycles. The van der Waals surface area contributed by atoms with Crippen LogP contribution in [0.15, 0.2) is 6.20 Å². The van der Waals surface area contributed by atoms with Crippen molar-refractivity contribution in [1.82, 2.24) is 20.2 Å². The number of nitrogens with zero attached hydrogens (tertiary/aromatic N) is 4. The van der Waals surface area contributed by atoms with Crippen LogP contribution in [0, 0.1) is 18.3 Å². The molecule has 58 valence electrons. The van der Waals surface area contributed by atoms with Crippen LogP contribution in [0.2, 0.25) is 0 Å². The first-order chi connectivity index (χ1) is 5.81. The fourth-order valence-electron chi connectivity index (χ4n) is 0.979. The highest BCUT2D eigenvalue weighted by molar-refractivity contribution is 5.78. The van der Waals surface area contributed by atoms with Gasteiger partial charge in [-0.15, -0.1) is 0 Å². The Hall–Kier alpha value is -1.96. The Morgan fingerprint density at radius 2 is 2.42 bits per heavy atom. The van der Waals surface area contributed by atoms with E-state index in [1.54, 1.807) is 13.1 Å². The van der Waals surface area contributed by atoms with Gasteiger partial charge in [0.1, 0.15) is 22.9 Å². The lowest BCUT2D eigenvalue weighted by Crippen LogP contribution is -1.86. The average Bonchev–Trinajstić information content (AvgIpc) is 2.46. The van der Waals surface area contributed by atoms with Gasteiger partial charge in [-0.3, -0.25) is 5.10 Å². The van der Waals surface area contributed by atoms with E-state index in [-0.39, 0.29) is 0 Å². The molecule has 0 bridgehead atoms. The van der Waals surface area contributed by atoms with Crippen molar-refractivity contribution in [3.63, 3.8) is 0 Å². The van der Waals surface area contributed by atoms with Gasteiger partial charge in [0.15, 0.2) is 5.69 Å². The maximum atomic E-state index is 8.62. The van der Waals surface area contributed by atoms with E-state index < -0.39 is 0 Å². The van der Waals surface area contributed by atoms with Crippen LogP contribution in [-0.4, -0.2) is 20.2 Å². The van der Waals surface area contributed by atoms with Crippen LogP contribution >= 0.6 is 0 Å². The molecule has 2 heterocycles. The minimum atomic E-state index is 0.315. The molecule has 2 rings (SSSR count). The monoisotopic (exact) mass is 159 g/mol. The zero-order valence-electron chi connectivity index (χ0n) is 6.37. The van der Waals surface area contributed by atoms with Crippen molar-refractivity contribution >= 4 is 11.0 Å². The topological polar surface area (TPSA) is 78.2 Å². The van der Waals surface area contributed by atoms with Crippen LogP contribution in [0.5, 0.6) is 0 Å². The lowest BCUT2D eigenvalue weighted by molar-refractivity contribution is 1.08. The van der Waals surface area contributed by atoms with E-state index in [0.29, 0.717) is 22.6 Å². The molecule has 1 N–H and O–H groups in total. The Labute approximate surface area is 68.1 Å². The van der Waals surface area contributed by atoms with E-state index in [9.17, 15) is 0 Å². The summed E-state index contributed by atoms with van der Waals surface area (Å²) < 4.78 is 0. The molecular weight excluding hydrogens is 154 g/mol. The van der Waals surface area contributed by atoms with Gasteiger partial charge in [-0.2, -0.15) is 10.4 Å². The lowest BCUT2D eigenvalue weighted by atomic mass is 10.3. The van der Waals surface area contributed by atoms with Crippen molar-refractivity contribution in [3.8, 4) is 6.07 Å². The van der Waals surface area contributed by atoms with E-state index in [1.165, 1.54) is 0 Å². The van der Waals surface area contributed by atoms with Crippen LogP contribution in [0.25, 0.3) is 11.0 Å². The lowest BCUT2D eigenvalue weighted by Gasteiger charge is -1.88. The molecule has 0 atom stereocenters. The summed E-state index contributed by atoms with van der Waals surface area (Å²) in [5.74, 6) is 0.639. The molecule has 12 heavy (non-hydrogen) atoms. The molecule has 2 aromatic heterocycles. The Morgan fingerprint density at radius 1 is 1.58 bits per heavy atom. The number of aromatic amines is 1. The Morgan fingerprint density at radius 3 is 3.17 bits per heavy atom. The number of rotatable bonds is 0. The SMILES string of the molecule is Cc1ncc2[nH]nc(C#N)c2n1. The molecule has 0 saturated heterocycles. The second kappa shape index (κ2) is 2.27. The maximum Gasteiger partial charge on any atom is 0.188 e. The van der Waals surface area contributed by atoms with Crippen molar-refractivity contribution in [3.05, 3.63) is 17.7 Å². The van der Waals surface area contributed by atoms with Gasteiger partial charge in [0.05, 0.1) is 6.20 Å². The summed E-state index contributed by atoms with van der Waals surface area (Å²) in [6, 6.07) is 1.94. The summed E-state index contributed by atoms with van der Waals surface area (Å²) in [6.07, 6.45) is 1.62. The van der Waals surface area contributed by atoms with Crippen LogP contribution in [0.4, 0.5) is 0 Å². The zero-order valence-corrected chi connectivity index (χ0v) is 6.37. The molecule has 0 spiro atoms. The van der Waals surface area contributed by atoms with Gasteiger partial charge in [-0.25, -0.2) is 9.97 Å². The largest absolute Gasteiger partial charge is 0.273 e. The fourth-order valence-corrected chi connectivity index (χ4v) is 0.979. The summed E-state index contributed by atoms with van der Waals surface area (Å²) in [7, 11) is 0. The van der Waals surface area contributed by atoms with Crippen LogP contribution in [0.1, 0.15) is 11.5 Å². The van der Waals surface area contributed by atoms with Crippen LogP contribution in [0.3, 0.4) is 0 Å². The summed E-state index contributed by atoms with van der Waals surface area (Å²) in [4.78, 5) is 8.04. The van der Waals surface area contributed by atoms with Gasteiger partial charge in [0.25, 0.3) is 0 Å². The molecule has 5 heteroatoms. The summed E-state index contributed by atoms with van der Waals surface area (Å²) >= 11 is 0. The van der Waals surface area contributed by atoms with Crippen LogP contribution < -0.4 is 0 Å². The molecule has 0 radical (unpaired) electrons. The Bertz CT molecular complexity index is 464. The molecule has 5 nitrogen and oxygen atoms in total. The van der Waals surface area contributed by atoms with Crippen molar-refractivity contribution in [2.75, 3.05) is 0 Å². The van der Waals surface area contributed by atoms with E-state index in [1.807, 2.05) is 6.07 Å².